The molecule has 2 aromatic heterocycles. The number of fused-ring (bicyclic) bond motifs is 1. The Bertz CT molecular complexity index is 933. The predicted molar refractivity (Wildman–Crippen MR) is 80.2 cm³/mol. The van der Waals surface area contributed by atoms with Crippen LogP contribution in [0.4, 0.5) is 13.2 Å². The van der Waals surface area contributed by atoms with Crippen molar-refractivity contribution in [3.63, 3.8) is 0 Å². The van der Waals surface area contributed by atoms with E-state index in [1.165, 1.54) is 12.1 Å². The van der Waals surface area contributed by atoms with Crippen LogP contribution in [0.25, 0.3) is 15.9 Å². The van der Waals surface area contributed by atoms with Crippen molar-refractivity contribution >= 4 is 44.8 Å². The van der Waals surface area contributed by atoms with Crippen molar-refractivity contribution in [1.82, 2.24) is 9.55 Å². The van der Waals surface area contributed by atoms with E-state index in [1.54, 1.807) is 12.1 Å². The van der Waals surface area contributed by atoms with Crippen LogP contribution in [0.2, 0.25) is 10.2 Å². The molecule has 0 saturated heterocycles. The second kappa shape index (κ2) is 5.26. The van der Waals surface area contributed by atoms with Crippen molar-refractivity contribution in [1.29, 1.82) is 0 Å². The minimum absolute atomic E-state index is 0.0235. The summed E-state index contributed by atoms with van der Waals surface area (Å²) in [6, 6.07) is 7.18. The minimum Gasteiger partial charge on any atom is -0.258 e. The topological polar surface area (TPSA) is 34.9 Å². The number of benzene rings is 1. The molecule has 3 rings (SSSR count). The van der Waals surface area contributed by atoms with Gasteiger partial charge in [-0.3, -0.25) is 4.57 Å². The zero-order valence-corrected chi connectivity index (χ0v) is 12.8. The van der Waals surface area contributed by atoms with Crippen molar-refractivity contribution in [3.05, 3.63) is 55.9 Å². The zero-order chi connectivity index (χ0) is 16.1. The highest BCUT2D eigenvalue weighted by Gasteiger charge is 2.34. The van der Waals surface area contributed by atoms with Crippen LogP contribution in [0.15, 0.2) is 35.1 Å². The first kappa shape index (κ1) is 15.3. The first-order valence-corrected chi connectivity index (χ1v) is 7.40. The molecule has 0 bridgehead atoms. The molecule has 0 N–H and O–H groups in total. The van der Waals surface area contributed by atoms with Gasteiger partial charge in [0.15, 0.2) is 5.15 Å². The van der Waals surface area contributed by atoms with Crippen LogP contribution in [-0.4, -0.2) is 9.55 Å². The average molecular weight is 365 g/mol. The number of hydrogen-bond donors (Lipinski definition) is 0. The fourth-order valence-corrected chi connectivity index (χ4v) is 3.38. The Kier molecular flexibility index (Phi) is 3.66. The van der Waals surface area contributed by atoms with Crippen molar-refractivity contribution in [2.45, 2.75) is 6.18 Å². The summed E-state index contributed by atoms with van der Waals surface area (Å²) < 4.78 is 39.8. The third kappa shape index (κ3) is 2.49. The van der Waals surface area contributed by atoms with Crippen LogP contribution in [0, 0.1) is 0 Å². The van der Waals surface area contributed by atoms with Gasteiger partial charge in [0.25, 0.3) is 0 Å². The molecule has 0 amide bonds. The standard InChI is InChI=1S/C13H5Cl2F3N2OS/c14-6-3-1-2-4-7(6)20-8-5-9(13(16,17)18)22-10(8)11(15)19-12(20)21/h1-5H. The van der Waals surface area contributed by atoms with Crippen molar-refractivity contribution in [3.8, 4) is 5.69 Å². The number of hydrogen-bond acceptors (Lipinski definition) is 3. The molecule has 1 aromatic carbocycles. The molecule has 0 aliphatic carbocycles. The largest absolute Gasteiger partial charge is 0.425 e. The van der Waals surface area contributed by atoms with Gasteiger partial charge in [-0.25, -0.2) is 4.79 Å². The van der Waals surface area contributed by atoms with E-state index >= 15 is 0 Å². The summed E-state index contributed by atoms with van der Waals surface area (Å²) in [6.07, 6.45) is -4.53. The molecule has 0 saturated carbocycles. The fraction of sp³-hybridized carbons (Fsp3) is 0.0769. The van der Waals surface area contributed by atoms with Gasteiger partial charge in [0.1, 0.15) is 4.88 Å². The van der Waals surface area contributed by atoms with Crippen LogP contribution in [0.1, 0.15) is 4.88 Å². The summed E-state index contributed by atoms with van der Waals surface area (Å²) in [5.74, 6) is 0. The second-order valence-electron chi connectivity index (χ2n) is 4.29. The SMILES string of the molecule is O=c1nc(Cl)c2sc(C(F)(F)F)cc2n1-c1ccccc1Cl. The Morgan fingerprint density at radius 1 is 1.18 bits per heavy atom. The lowest BCUT2D eigenvalue weighted by atomic mass is 10.3. The second-order valence-corrected chi connectivity index (χ2v) is 6.11. The molecule has 0 fully saturated rings. The summed E-state index contributed by atoms with van der Waals surface area (Å²) in [5.41, 5.74) is -0.526. The van der Waals surface area contributed by atoms with Crippen LogP contribution in [0.5, 0.6) is 0 Å². The van der Waals surface area contributed by atoms with Crippen LogP contribution < -0.4 is 5.69 Å². The van der Waals surface area contributed by atoms with Gasteiger partial charge in [0.05, 0.1) is 20.9 Å². The summed E-state index contributed by atoms with van der Waals surface area (Å²) in [7, 11) is 0. The Hall–Kier alpha value is -1.57. The van der Waals surface area contributed by atoms with E-state index in [-0.39, 0.29) is 26.1 Å². The lowest BCUT2D eigenvalue weighted by molar-refractivity contribution is -0.134. The monoisotopic (exact) mass is 364 g/mol. The van der Waals surface area contributed by atoms with Gasteiger partial charge in [-0.1, -0.05) is 35.3 Å². The lowest BCUT2D eigenvalue weighted by Gasteiger charge is -2.09. The van der Waals surface area contributed by atoms with Gasteiger partial charge in [0.2, 0.25) is 0 Å². The molecular weight excluding hydrogens is 360 g/mol. The molecule has 9 heteroatoms. The number of nitrogens with zero attached hydrogens (tertiary/aromatic N) is 2. The fourth-order valence-electron chi connectivity index (χ4n) is 1.99. The molecule has 0 aliphatic rings. The average Bonchev–Trinajstić information content (AvgIpc) is 2.86. The van der Waals surface area contributed by atoms with Crippen molar-refractivity contribution < 1.29 is 13.2 Å². The molecular formula is C13H5Cl2F3N2OS. The number of alkyl halides is 3. The van der Waals surface area contributed by atoms with Crippen molar-refractivity contribution in [2.75, 3.05) is 0 Å². The summed E-state index contributed by atoms with van der Waals surface area (Å²) in [4.78, 5) is 14.8. The van der Waals surface area contributed by atoms with E-state index in [4.69, 9.17) is 23.2 Å². The zero-order valence-electron chi connectivity index (χ0n) is 10.5. The number of thiophene rings is 1. The normalized spacial score (nSPS) is 12.0. The quantitative estimate of drug-likeness (QED) is 0.582. The van der Waals surface area contributed by atoms with Crippen LogP contribution in [-0.2, 0) is 6.18 Å². The molecule has 0 unspecified atom stereocenters. The Morgan fingerprint density at radius 3 is 2.50 bits per heavy atom. The van der Waals surface area contributed by atoms with Crippen LogP contribution in [0.3, 0.4) is 0 Å². The third-order valence-electron chi connectivity index (χ3n) is 2.90. The highest BCUT2D eigenvalue weighted by Crippen LogP contribution is 2.40. The Morgan fingerprint density at radius 2 is 1.86 bits per heavy atom. The van der Waals surface area contributed by atoms with Gasteiger partial charge in [0, 0.05) is 0 Å². The Labute approximate surface area is 135 Å². The predicted octanol–water partition coefficient (Wildman–Crippen LogP) is 4.77. The van der Waals surface area contributed by atoms with Crippen LogP contribution >= 0.6 is 34.5 Å². The number of rotatable bonds is 1. The molecule has 3 aromatic rings. The van der Waals surface area contributed by atoms with Gasteiger partial charge in [-0.05, 0) is 18.2 Å². The molecule has 114 valence electrons. The summed E-state index contributed by atoms with van der Waals surface area (Å²) in [5, 5.41) is -0.0430. The lowest BCUT2D eigenvalue weighted by Crippen LogP contribution is -2.21. The summed E-state index contributed by atoms with van der Waals surface area (Å²) >= 11 is 12.3. The van der Waals surface area contributed by atoms with E-state index in [9.17, 15) is 18.0 Å². The number of aromatic nitrogens is 2. The third-order valence-corrected chi connectivity index (χ3v) is 4.78. The van der Waals surface area contributed by atoms with Crippen molar-refractivity contribution in [2.24, 2.45) is 0 Å². The molecule has 2 heterocycles. The first-order chi connectivity index (χ1) is 10.3. The minimum atomic E-state index is -4.53. The van der Waals surface area contributed by atoms with E-state index in [2.05, 4.69) is 4.98 Å². The number of halogens is 5. The van der Waals surface area contributed by atoms with E-state index in [0.29, 0.717) is 11.3 Å². The maximum absolute atomic E-state index is 12.9. The highest BCUT2D eigenvalue weighted by molar-refractivity contribution is 7.19. The molecule has 22 heavy (non-hydrogen) atoms. The molecule has 0 atom stereocenters. The van der Waals surface area contributed by atoms with E-state index in [1.807, 2.05) is 0 Å². The molecule has 0 spiro atoms. The van der Waals surface area contributed by atoms with Gasteiger partial charge in [-0.2, -0.15) is 18.2 Å². The van der Waals surface area contributed by atoms with Gasteiger partial charge >= 0.3 is 11.9 Å². The molecule has 3 nitrogen and oxygen atoms in total. The first-order valence-electron chi connectivity index (χ1n) is 5.83. The van der Waals surface area contributed by atoms with E-state index < -0.39 is 16.7 Å². The highest BCUT2D eigenvalue weighted by atomic mass is 35.5. The molecule has 0 aliphatic heterocycles. The maximum Gasteiger partial charge on any atom is 0.425 e. The Balaban J connectivity index is 2.43. The summed E-state index contributed by atoms with van der Waals surface area (Å²) in [6.45, 7) is 0. The number of para-hydroxylation sites is 1. The maximum atomic E-state index is 12.9. The van der Waals surface area contributed by atoms with E-state index in [0.717, 1.165) is 10.6 Å². The smallest absolute Gasteiger partial charge is 0.258 e. The van der Waals surface area contributed by atoms with Gasteiger partial charge in [-0.15, -0.1) is 11.3 Å². The van der Waals surface area contributed by atoms with Gasteiger partial charge < -0.3 is 0 Å². The molecule has 0 radical (unpaired) electrons.